The van der Waals surface area contributed by atoms with Gasteiger partial charge in [0, 0.05) is 7.11 Å². The van der Waals surface area contributed by atoms with Gasteiger partial charge in [-0.15, -0.1) is 0 Å². The summed E-state index contributed by atoms with van der Waals surface area (Å²) in [7, 11) is 1.45. The van der Waals surface area contributed by atoms with E-state index in [1.807, 2.05) is 30.3 Å². The summed E-state index contributed by atoms with van der Waals surface area (Å²) in [6.45, 7) is 2.06. The Morgan fingerprint density at radius 2 is 1.84 bits per heavy atom. The summed E-state index contributed by atoms with van der Waals surface area (Å²) < 4.78 is 16.1. The first-order valence-corrected chi connectivity index (χ1v) is 6.33. The molecule has 1 fully saturated rings. The van der Waals surface area contributed by atoms with Crippen molar-refractivity contribution in [2.24, 2.45) is 0 Å². The van der Waals surface area contributed by atoms with Crippen LogP contribution in [0.2, 0.25) is 0 Å². The molecule has 106 valence electrons. The molecule has 0 aromatic heterocycles. The van der Waals surface area contributed by atoms with Crippen LogP contribution in [0.5, 0.6) is 0 Å². The number of hydrogen-bond acceptors (Lipinski definition) is 5. The Morgan fingerprint density at radius 3 is 2.47 bits per heavy atom. The summed E-state index contributed by atoms with van der Waals surface area (Å²) >= 11 is 0. The van der Waals surface area contributed by atoms with Crippen LogP contribution in [0.1, 0.15) is 12.5 Å². The van der Waals surface area contributed by atoms with E-state index in [0.717, 1.165) is 5.56 Å². The highest BCUT2D eigenvalue weighted by Gasteiger charge is 2.43. The normalized spacial score (nSPS) is 35.3. The van der Waals surface area contributed by atoms with E-state index >= 15 is 0 Å². The van der Waals surface area contributed by atoms with Crippen LogP contribution in [0.25, 0.3) is 0 Å². The Bertz CT molecular complexity index is 383. The Balaban J connectivity index is 1.96. The summed E-state index contributed by atoms with van der Waals surface area (Å²) in [5, 5.41) is 19.9. The molecular weight excluding hydrogens is 248 g/mol. The number of methoxy groups -OCH3 is 1. The Labute approximate surface area is 112 Å². The van der Waals surface area contributed by atoms with E-state index in [-0.39, 0.29) is 0 Å². The second kappa shape index (κ2) is 6.45. The maximum Gasteiger partial charge on any atom is 0.186 e. The second-order valence-corrected chi connectivity index (χ2v) is 4.69. The highest BCUT2D eigenvalue weighted by molar-refractivity contribution is 5.13. The van der Waals surface area contributed by atoms with E-state index in [2.05, 4.69) is 0 Å². The molecule has 0 radical (unpaired) electrons. The predicted octanol–water partition coefficient (Wildman–Crippen LogP) is 0.685. The van der Waals surface area contributed by atoms with Crippen LogP contribution < -0.4 is 0 Å². The molecule has 0 aliphatic carbocycles. The fourth-order valence-corrected chi connectivity index (χ4v) is 2.17. The molecule has 1 aliphatic heterocycles. The lowest BCUT2D eigenvalue weighted by molar-refractivity contribution is -0.300. The first-order chi connectivity index (χ1) is 9.13. The topological polar surface area (TPSA) is 68.2 Å². The number of aliphatic hydroxyl groups excluding tert-OH is 2. The largest absolute Gasteiger partial charge is 0.388 e. The van der Waals surface area contributed by atoms with Gasteiger partial charge in [0.2, 0.25) is 0 Å². The number of hydrogen-bond donors (Lipinski definition) is 2. The van der Waals surface area contributed by atoms with Gasteiger partial charge in [-0.25, -0.2) is 0 Å². The summed E-state index contributed by atoms with van der Waals surface area (Å²) in [6, 6.07) is 9.62. The lowest BCUT2D eigenvalue weighted by Gasteiger charge is -2.40. The third-order valence-electron chi connectivity index (χ3n) is 3.31. The van der Waals surface area contributed by atoms with Crippen molar-refractivity contribution in [1.29, 1.82) is 0 Å². The number of benzene rings is 1. The third kappa shape index (κ3) is 3.32. The molecule has 19 heavy (non-hydrogen) atoms. The Kier molecular flexibility index (Phi) is 4.90. The van der Waals surface area contributed by atoms with E-state index in [1.165, 1.54) is 7.11 Å². The quantitative estimate of drug-likeness (QED) is 0.840. The lowest BCUT2D eigenvalue weighted by atomic mass is 10.00. The molecular formula is C14H20O5. The van der Waals surface area contributed by atoms with Gasteiger partial charge in [0.25, 0.3) is 0 Å². The summed E-state index contributed by atoms with van der Waals surface area (Å²) in [6.07, 6.45) is -3.83. The molecule has 0 saturated carbocycles. The number of aliphatic hydroxyl groups is 2. The number of ether oxygens (including phenoxy) is 3. The SMILES string of the molecule is CO[C@@H]1[C@@H](O)[C@H](C)O[C@@H](OCc2ccccc2)[C@@H]1O. The van der Waals surface area contributed by atoms with Crippen LogP contribution >= 0.6 is 0 Å². The van der Waals surface area contributed by atoms with Gasteiger partial charge in [-0.2, -0.15) is 0 Å². The van der Waals surface area contributed by atoms with Crippen molar-refractivity contribution in [3.8, 4) is 0 Å². The molecule has 1 aliphatic rings. The average molecular weight is 268 g/mol. The van der Waals surface area contributed by atoms with Crippen molar-refractivity contribution in [2.45, 2.75) is 44.2 Å². The van der Waals surface area contributed by atoms with E-state index in [9.17, 15) is 10.2 Å². The second-order valence-electron chi connectivity index (χ2n) is 4.69. The molecule has 0 bridgehead atoms. The summed E-state index contributed by atoms with van der Waals surface area (Å²) in [5.41, 5.74) is 0.992. The molecule has 0 spiro atoms. The average Bonchev–Trinajstić information content (AvgIpc) is 2.43. The highest BCUT2D eigenvalue weighted by Crippen LogP contribution is 2.24. The van der Waals surface area contributed by atoms with Gasteiger partial charge in [-0.3, -0.25) is 0 Å². The van der Waals surface area contributed by atoms with Crippen LogP contribution in [-0.2, 0) is 20.8 Å². The monoisotopic (exact) mass is 268 g/mol. The minimum Gasteiger partial charge on any atom is -0.388 e. The minimum absolute atomic E-state index is 0.335. The van der Waals surface area contributed by atoms with Gasteiger partial charge in [0.15, 0.2) is 6.29 Å². The Hall–Kier alpha value is -0.980. The third-order valence-corrected chi connectivity index (χ3v) is 3.31. The summed E-state index contributed by atoms with van der Waals surface area (Å²) in [4.78, 5) is 0. The van der Waals surface area contributed by atoms with E-state index in [4.69, 9.17) is 14.2 Å². The zero-order valence-corrected chi connectivity index (χ0v) is 11.1. The smallest absolute Gasteiger partial charge is 0.186 e. The molecule has 1 saturated heterocycles. The standard InChI is InChI=1S/C14H20O5/c1-9-11(15)13(17-2)12(16)14(19-9)18-8-10-6-4-3-5-7-10/h3-7,9,11-16H,8H2,1-2H3/t9-,11-,12+,13+,14+/m0/s1. The van der Waals surface area contributed by atoms with Crippen molar-refractivity contribution in [1.82, 2.24) is 0 Å². The van der Waals surface area contributed by atoms with E-state index in [1.54, 1.807) is 6.92 Å². The number of rotatable bonds is 4. The zero-order valence-electron chi connectivity index (χ0n) is 11.1. The summed E-state index contributed by atoms with van der Waals surface area (Å²) in [5.74, 6) is 0. The van der Waals surface area contributed by atoms with Crippen molar-refractivity contribution in [3.05, 3.63) is 35.9 Å². The van der Waals surface area contributed by atoms with Crippen molar-refractivity contribution < 1.29 is 24.4 Å². The van der Waals surface area contributed by atoms with Gasteiger partial charge < -0.3 is 24.4 Å². The van der Waals surface area contributed by atoms with Crippen LogP contribution in [0.3, 0.4) is 0 Å². The minimum atomic E-state index is -1.01. The van der Waals surface area contributed by atoms with Crippen molar-refractivity contribution >= 4 is 0 Å². The molecule has 5 atom stereocenters. The van der Waals surface area contributed by atoms with E-state index in [0.29, 0.717) is 6.61 Å². The fraction of sp³-hybridized carbons (Fsp3) is 0.571. The zero-order chi connectivity index (χ0) is 13.8. The first-order valence-electron chi connectivity index (χ1n) is 6.33. The van der Waals surface area contributed by atoms with E-state index < -0.39 is 30.7 Å². The lowest BCUT2D eigenvalue weighted by Crippen LogP contribution is -2.58. The van der Waals surface area contributed by atoms with Crippen LogP contribution in [0.4, 0.5) is 0 Å². The van der Waals surface area contributed by atoms with Crippen LogP contribution in [-0.4, -0.2) is 48.0 Å². The predicted molar refractivity (Wildman–Crippen MR) is 68.4 cm³/mol. The maximum atomic E-state index is 10.1. The molecule has 2 N–H and O–H groups in total. The van der Waals surface area contributed by atoms with Crippen molar-refractivity contribution in [3.63, 3.8) is 0 Å². The van der Waals surface area contributed by atoms with Crippen LogP contribution in [0, 0.1) is 0 Å². The maximum absolute atomic E-state index is 10.1. The van der Waals surface area contributed by atoms with Gasteiger partial charge >= 0.3 is 0 Å². The molecule has 0 unspecified atom stereocenters. The molecule has 1 heterocycles. The Morgan fingerprint density at radius 1 is 1.16 bits per heavy atom. The van der Waals surface area contributed by atoms with Crippen LogP contribution in [0.15, 0.2) is 30.3 Å². The van der Waals surface area contributed by atoms with Crippen molar-refractivity contribution in [2.75, 3.05) is 7.11 Å². The molecule has 1 aromatic rings. The molecule has 1 aromatic carbocycles. The molecule has 5 heteroatoms. The highest BCUT2D eigenvalue weighted by atomic mass is 16.7. The molecule has 5 nitrogen and oxygen atoms in total. The van der Waals surface area contributed by atoms with Gasteiger partial charge in [0.05, 0.1) is 12.7 Å². The van der Waals surface area contributed by atoms with Gasteiger partial charge in [-0.05, 0) is 12.5 Å². The van der Waals surface area contributed by atoms with Gasteiger partial charge in [0.1, 0.15) is 18.3 Å². The molecule has 0 amide bonds. The molecule has 2 rings (SSSR count). The fourth-order valence-electron chi connectivity index (χ4n) is 2.17. The first kappa shape index (κ1) is 14.4. The van der Waals surface area contributed by atoms with Gasteiger partial charge in [-0.1, -0.05) is 30.3 Å².